The van der Waals surface area contributed by atoms with Crippen LogP contribution in [0.15, 0.2) is 0 Å². The highest BCUT2D eigenvalue weighted by molar-refractivity contribution is 5.05. The summed E-state index contributed by atoms with van der Waals surface area (Å²) in [4.78, 5) is 4.59. The lowest BCUT2D eigenvalue weighted by Crippen LogP contribution is -2.50. The molecule has 3 N–H and O–H groups in total. The lowest BCUT2D eigenvalue weighted by atomic mass is 9.82. The van der Waals surface area contributed by atoms with E-state index >= 15 is 0 Å². The molecule has 5 heteroatoms. The Morgan fingerprint density at radius 2 is 1.86 bits per heavy atom. The molecule has 0 aromatic heterocycles. The first-order valence-corrected chi connectivity index (χ1v) is 8.05. The Bertz CT molecular complexity index is 371. The minimum atomic E-state index is -0.288. The van der Waals surface area contributed by atoms with Crippen molar-refractivity contribution in [2.45, 2.75) is 63.5 Å². The number of rotatable bonds is 4. The third-order valence-electron chi connectivity index (χ3n) is 5.17. The van der Waals surface area contributed by atoms with Crippen molar-refractivity contribution in [3.63, 3.8) is 0 Å². The standard InChI is InChI=1S/C16H33N3O2/c1-15(2)13(14(17)16(3,4)21-15)10-19-9-12(20)7-11(19)8-18(5)6/h11-14,20H,7-10,17H2,1-6H3. The van der Waals surface area contributed by atoms with Crippen LogP contribution in [-0.2, 0) is 4.74 Å². The lowest BCUT2D eigenvalue weighted by Gasteiger charge is -2.34. The fourth-order valence-electron chi connectivity index (χ4n) is 4.12. The highest BCUT2D eigenvalue weighted by Crippen LogP contribution is 2.42. The molecule has 0 spiro atoms. The van der Waals surface area contributed by atoms with Crippen LogP contribution in [0.1, 0.15) is 34.1 Å². The first kappa shape index (κ1) is 17.2. The van der Waals surface area contributed by atoms with Crippen LogP contribution >= 0.6 is 0 Å². The molecule has 0 radical (unpaired) electrons. The number of aliphatic hydroxyl groups excluding tert-OH is 1. The molecular weight excluding hydrogens is 266 g/mol. The maximum Gasteiger partial charge on any atom is 0.0788 e. The summed E-state index contributed by atoms with van der Waals surface area (Å²) < 4.78 is 6.19. The zero-order valence-electron chi connectivity index (χ0n) is 14.5. The van der Waals surface area contributed by atoms with Crippen LogP contribution in [0.4, 0.5) is 0 Å². The molecule has 0 aliphatic carbocycles. The number of aliphatic hydroxyl groups is 1. The van der Waals surface area contributed by atoms with E-state index in [-0.39, 0.29) is 29.3 Å². The summed E-state index contributed by atoms with van der Waals surface area (Å²) in [7, 11) is 4.17. The summed E-state index contributed by atoms with van der Waals surface area (Å²) in [5.41, 5.74) is 5.96. The Morgan fingerprint density at radius 1 is 1.24 bits per heavy atom. The van der Waals surface area contributed by atoms with E-state index in [0.717, 1.165) is 26.1 Å². The second-order valence-electron chi connectivity index (χ2n) is 8.20. The van der Waals surface area contributed by atoms with Crippen molar-refractivity contribution < 1.29 is 9.84 Å². The van der Waals surface area contributed by atoms with Gasteiger partial charge in [0, 0.05) is 37.6 Å². The molecule has 2 aliphatic rings. The zero-order valence-corrected chi connectivity index (χ0v) is 14.5. The summed E-state index contributed by atoms with van der Waals surface area (Å²) >= 11 is 0. The molecule has 21 heavy (non-hydrogen) atoms. The van der Waals surface area contributed by atoms with Crippen molar-refractivity contribution in [1.82, 2.24) is 9.80 Å². The summed E-state index contributed by atoms with van der Waals surface area (Å²) in [6, 6.07) is 0.423. The zero-order chi connectivity index (χ0) is 16.0. The molecular formula is C16H33N3O2. The van der Waals surface area contributed by atoms with E-state index in [9.17, 15) is 5.11 Å². The number of nitrogens with zero attached hydrogens (tertiary/aromatic N) is 2. The number of likely N-dealkylation sites (N-methyl/N-ethyl adjacent to an activating group) is 1. The molecule has 5 nitrogen and oxygen atoms in total. The SMILES string of the molecule is CN(C)CC1CC(O)CN1CC1C(N)C(C)(C)OC1(C)C. The fourth-order valence-corrected chi connectivity index (χ4v) is 4.12. The van der Waals surface area contributed by atoms with Gasteiger partial charge in [-0.15, -0.1) is 0 Å². The third-order valence-corrected chi connectivity index (χ3v) is 5.17. The molecule has 2 fully saturated rings. The van der Waals surface area contributed by atoms with Gasteiger partial charge in [-0.2, -0.15) is 0 Å². The molecule has 2 aliphatic heterocycles. The van der Waals surface area contributed by atoms with Crippen LogP contribution in [-0.4, -0.2) is 78.0 Å². The average molecular weight is 299 g/mol. The van der Waals surface area contributed by atoms with Crippen molar-refractivity contribution in [2.75, 3.05) is 33.7 Å². The van der Waals surface area contributed by atoms with Crippen molar-refractivity contribution in [1.29, 1.82) is 0 Å². The maximum absolute atomic E-state index is 10.0. The van der Waals surface area contributed by atoms with E-state index in [1.807, 2.05) is 0 Å². The van der Waals surface area contributed by atoms with Crippen molar-refractivity contribution >= 4 is 0 Å². The van der Waals surface area contributed by atoms with Crippen molar-refractivity contribution in [2.24, 2.45) is 11.7 Å². The first-order valence-electron chi connectivity index (χ1n) is 8.05. The Balaban J connectivity index is 2.09. The number of ether oxygens (including phenoxy) is 1. The van der Waals surface area contributed by atoms with Gasteiger partial charge in [-0.1, -0.05) is 0 Å². The Kier molecular flexibility index (Phi) is 4.72. The molecule has 2 heterocycles. The number of likely N-dealkylation sites (tertiary alicyclic amines) is 1. The van der Waals surface area contributed by atoms with E-state index in [2.05, 4.69) is 51.6 Å². The highest BCUT2D eigenvalue weighted by atomic mass is 16.5. The van der Waals surface area contributed by atoms with Gasteiger partial charge in [0.25, 0.3) is 0 Å². The minimum absolute atomic E-state index is 0.0187. The predicted molar refractivity (Wildman–Crippen MR) is 85.2 cm³/mol. The summed E-state index contributed by atoms with van der Waals surface area (Å²) in [6.07, 6.45) is 0.634. The Hall–Kier alpha value is -0.200. The van der Waals surface area contributed by atoms with E-state index in [4.69, 9.17) is 10.5 Å². The molecule has 124 valence electrons. The topological polar surface area (TPSA) is 62.0 Å². The van der Waals surface area contributed by atoms with Gasteiger partial charge >= 0.3 is 0 Å². The second-order valence-corrected chi connectivity index (χ2v) is 8.20. The average Bonchev–Trinajstić information content (AvgIpc) is 2.68. The van der Waals surface area contributed by atoms with E-state index in [0.29, 0.717) is 6.04 Å². The summed E-state index contributed by atoms with van der Waals surface area (Å²) in [6.45, 7) is 11.1. The number of β-amino-alcohol motifs (C(OH)–C–C–N with tert-alkyl or cyclic N) is 1. The van der Waals surface area contributed by atoms with Gasteiger partial charge < -0.3 is 20.5 Å². The molecule has 0 aromatic rings. The minimum Gasteiger partial charge on any atom is -0.392 e. The second kappa shape index (κ2) is 5.78. The molecule has 0 saturated carbocycles. The normalized spacial score (nSPS) is 39.3. The van der Waals surface area contributed by atoms with Crippen LogP contribution < -0.4 is 5.73 Å². The van der Waals surface area contributed by atoms with Crippen LogP contribution in [0.2, 0.25) is 0 Å². The van der Waals surface area contributed by atoms with Gasteiger partial charge in [0.2, 0.25) is 0 Å². The Labute approximate surface area is 129 Å². The van der Waals surface area contributed by atoms with E-state index < -0.39 is 0 Å². The smallest absolute Gasteiger partial charge is 0.0788 e. The van der Waals surface area contributed by atoms with E-state index in [1.54, 1.807) is 0 Å². The van der Waals surface area contributed by atoms with Gasteiger partial charge in [0.15, 0.2) is 0 Å². The van der Waals surface area contributed by atoms with Crippen LogP contribution in [0.5, 0.6) is 0 Å². The summed E-state index contributed by atoms with van der Waals surface area (Å²) in [5, 5.41) is 10.0. The van der Waals surface area contributed by atoms with Gasteiger partial charge in [-0.05, 0) is 48.2 Å². The maximum atomic E-state index is 10.0. The van der Waals surface area contributed by atoms with Gasteiger partial charge in [-0.3, -0.25) is 4.90 Å². The van der Waals surface area contributed by atoms with Crippen LogP contribution in [0.25, 0.3) is 0 Å². The van der Waals surface area contributed by atoms with E-state index in [1.165, 1.54) is 0 Å². The van der Waals surface area contributed by atoms with Gasteiger partial charge in [-0.25, -0.2) is 0 Å². The van der Waals surface area contributed by atoms with Crippen molar-refractivity contribution in [3.05, 3.63) is 0 Å². The van der Waals surface area contributed by atoms with Crippen LogP contribution in [0.3, 0.4) is 0 Å². The molecule has 4 unspecified atom stereocenters. The van der Waals surface area contributed by atoms with Gasteiger partial charge in [0.1, 0.15) is 0 Å². The Morgan fingerprint density at radius 3 is 2.33 bits per heavy atom. The highest BCUT2D eigenvalue weighted by Gasteiger charge is 2.53. The third kappa shape index (κ3) is 3.59. The molecule has 2 rings (SSSR count). The predicted octanol–water partition coefficient (Wildman–Crippen LogP) is 0.514. The largest absolute Gasteiger partial charge is 0.392 e. The molecule has 0 amide bonds. The molecule has 0 aromatic carbocycles. The quantitative estimate of drug-likeness (QED) is 0.792. The van der Waals surface area contributed by atoms with Crippen molar-refractivity contribution in [3.8, 4) is 0 Å². The number of nitrogens with two attached hydrogens (primary N) is 1. The number of hydrogen-bond donors (Lipinski definition) is 2. The molecule has 0 bridgehead atoms. The molecule has 2 saturated heterocycles. The molecule has 4 atom stereocenters. The van der Waals surface area contributed by atoms with Gasteiger partial charge in [0.05, 0.1) is 17.3 Å². The lowest BCUT2D eigenvalue weighted by molar-refractivity contribution is -0.0789. The fraction of sp³-hybridized carbons (Fsp3) is 1.00. The van der Waals surface area contributed by atoms with Crippen LogP contribution in [0, 0.1) is 5.92 Å². The summed E-state index contributed by atoms with van der Waals surface area (Å²) in [5.74, 6) is 0.280. The number of hydrogen-bond acceptors (Lipinski definition) is 5. The monoisotopic (exact) mass is 299 g/mol. The first-order chi connectivity index (χ1) is 9.53.